The van der Waals surface area contributed by atoms with Gasteiger partial charge in [0.2, 0.25) is 0 Å². The van der Waals surface area contributed by atoms with E-state index in [2.05, 4.69) is 0 Å². The van der Waals surface area contributed by atoms with Gasteiger partial charge in [-0.15, -0.1) is 0 Å². The van der Waals surface area contributed by atoms with Crippen LogP contribution in [0.2, 0.25) is 0 Å². The molecule has 0 aliphatic carbocycles. The van der Waals surface area contributed by atoms with Gasteiger partial charge in [-0.25, -0.2) is 0 Å². The lowest BCUT2D eigenvalue weighted by Crippen LogP contribution is -1.84. The van der Waals surface area contributed by atoms with Crippen LogP contribution in [0.1, 0.15) is 29.8 Å². The van der Waals surface area contributed by atoms with E-state index in [-0.39, 0.29) is 5.75 Å². The minimum Gasteiger partial charge on any atom is -0.507 e. The SMILES string of the molecule is CC.Cc1cccc(O)c1C=O. The highest BCUT2D eigenvalue weighted by Crippen LogP contribution is 2.17. The number of phenols is 1. The summed E-state index contributed by atoms with van der Waals surface area (Å²) in [4.78, 5) is 10.3. The topological polar surface area (TPSA) is 37.3 Å². The van der Waals surface area contributed by atoms with Crippen LogP contribution >= 0.6 is 0 Å². The van der Waals surface area contributed by atoms with Crippen molar-refractivity contribution in [3.63, 3.8) is 0 Å². The second-order valence-corrected chi connectivity index (χ2v) is 2.13. The van der Waals surface area contributed by atoms with Crippen molar-refractivity contribution in [2.45, 2.75) is 20.8 Å². The molecule has 0 saturated heterocycles. The molecule has 0 bridgehead atoms. The smallest absolute Gasteiger partial charge is 0.154 e. The molecule has 0 atom stereocenters. The summed E-state index contributed by atoms with van der Waals surface area (Å²) in [6.07, 6.45) is 0.657. The largest absolute Gasteiger partial charge is 0.507 e. The zero-order chi connectivity index (χ0) is 9.56. The Labute approximate surface area is 72.9 Å². The first-order valence-electron chi connectivity index (χ1n) is 3.99. The van der Waals surface area contributed by atoms with Crippen molar-refractivity contribution in [3.05, 3.63) is 29.3 Å². The van der Waals surface area contributed by atoms with Crippen LogP contribution in [0.5, 0.6) is 5.75 Å². The molecule has 0 saturated carbocycles. The second-order valence-electron chi connectivity index (χ2n) is 2.13. The molecule has 0 unspecified atom stereocenters. The zero-order valence-corrected chi connectivity index (χ0v) is 7.66. The molecule has 1 rings (SSSR count). The summed E-state index contributed by atoms with van der Waals surface area (Å²) in [5.41, 5.74) is 1.18. The molecule has 1 aromatic carbocycles. The molecule has 1 N–H and O–H groups in total. The summed E-state index contributed by atoms with van der Waals surface area (Å²) < 4.78 is 0. The van der Waals surface area contributed by atoms with E-state index in [1.807, 2.05) is 13.8 Å². The van der Waals surface area contributed by atoms with Gasteiger partial charge in [-0.2, -0.15) is 0 Å². The Bertz CT molecular complexity index is 234. The molecule has 0 fully saturated rings. The van der Waals surface area contributed by atoms with Gasteiger partial charge in [0, 0.05) is 0 Å². The van der Waals surface area contributed by atoms with Crippen LogP contribution in [0.25, 0.3) is 0 Å². The number of hydrogen-bond donors (Lipinski definition) is 1. The van der Waals surface area contributed by atoms with Gasteiger partial charge in [0.05, 0.1) is 5.56 Å². The highest BCUT2D eigenvalue weighted by atomic mass is 16.3. The van der Waals surface area contributed by atoms with Crippen LogP contribution in [-0.4, -0.2) is 11.4 Å². The summed E-state index contributed by atoms with van der Waals surface area (Å²) in [5.74, 6) is 0.0509. The summed E-state index contributed by atoms with van der Waals surface area (Å²) in [7, 11) is 0. The third kappa shape index (κ3) is 2.38. The maximum atomic E-state index is 10.3. The van der Waals surface area contributed by atoms with Crippen LogP contribution < -0.4 is 0 Å². The lowest BCUT2D eigenvalue weighted by Gasteiger charge is -1.98. The van der Waals surface area contributed by atoms with Gasteiger partial charge < -0.3 is 5.11 Å². The molecule has 2 nitrogen and oxygen atoms in total. The highest BCUT2D eigenvalue weighted by molar-refractivity contribution is 5.81. The monoisotopic (exact) mass is 166 g/mol. The molecule has 0 aliphatic rings. The molecule has 0 aliphatic heterocycles. The maximum Gasteiger partial charge on any atom is 0.154 e. The van der Waals surface area contributed by atoms with E-state index in [1.165, 1.54) is 6.07 Å². The summed E-state index contributed by atoms with van der Waals surface area (Å²) in [6.45, 7) is 5.78. The lowest BCUT2D eigenvalue weighted by atomic mass is 10.1. The molecule has 0 spiro atoms. The second kappa shape index (κ2) is 5.35. The number of hydrogen-bond acceptors (Lipinski definition) is 2. The molecule has 0 radical (unpaired) electrons. The minimum atomic E-state index is 0.0509. The van der Waals surface area contributed by atoms with E-state index in [1.54, 1.807) is 19.1 Å². The van der Waals surface area contributed by atoms with E-state index in [9.17, 15) is 4.79 Å². The fourth-order valence-electron chi connectivity index (χ4n) is 0.818. The third-order valence-corrected chi connectivity index (χ3v) is 1.42. The molecular weight excluding hydrogens is 152 g/mol. The molecule has 0 heterocycles. The summed E-state index contributed by atoms with van der Waals surface area (Å²) in [6, 6.07) is 4.98. The zero-order valence-electron chi connectivity index (χ0n) is 7.66. The Balaban J connectivity index is 0.000000561. The van der Waals surface area contributed by atoms with E-state index >= 15 is 0 Å². The van der Waals surface area contributed by atoms with E-state index in [0.717, 1.165) is 5.56 Å². The van der Waals surface area contributed by atoms with Gasteiger partial charge in [0.25, 0.3) is 0 Å². The van der Waals surface area contributed by atoms with Crippen LogP contribution in [0.3, 0.4) is 0 Å². The van der Waals surface area contributed by atoms with Gasteiger partial charge >= 0.3 is 0 Å². The number of carbonyl (C=O) groups excluding carboxylic acids is 1. The van der Waals surface area contributed by atoms with E-state index in [4.69, 9.17) is 5.11 Å². The molecule has 2 heteroatoms. The number of benzene rings is 1. The van der Waals surface area contributed by atoms with Crippen LogP contribution in [0.4, 0.5) is 0 Å². The van der Waals surface area contributed by atoms with Gasteiger partial charge in [0.1, 0.15) is 5.75 Å². The van der Waals surface area contributed by atoms with Crippen LogP contribution in [0, 0.1) is 6.92 Å². The minimum absolute atomic E-state index is 0.0509. The van der Waals surface area contributed by atoms with Gasteiger partial charge in [0.15, 0.2) is 6.29 Å². The Hall–Kier alpha value is -1.31. The Kier molecular flexibility index (Phi) is 4.77. The molecule has 1 aromatic rings. The van der Waals surface area contributed by atoms with Gasteiger partial charge in [-0.3, -0.25) is 4.79 Å². The molecular formula is C10H14O2. The number of rotatable bonds is 1. The van der Waals surface area contributed by atoms with Gasteiger partial charge in [-0.1, -0.05) is 26.0 Å². The number of aryl methyl sites for hydroxylation is 1. The average Bonchev–Trinajstić information content (AvgIpc) is 2.08. The fourth-order valence-corrected chi connectivity index (χ4v) is 0.818. The van der Waals surface area contributed by atoms with Gasteiger partial charge in [-0.05, 0) is 18.6 Å². The first-order chi connectivity index (χ1) is 5.75. The van der Waals surface area contributed by atoms with Crippen LogP contribution in [0.15, 0.2) is 18.2 Å². The Morgan fingerprint density at radius 3 is 2.25 bits per heavy atom. The van der Waals surface area contributed by atoms with E-state index < -0.39 is 0 Å². The van der Waals surface area contributed by atoms with Crippen molar-refractivity contribution < 1.29 is 9.90 Å². The molecule has 12 heavy (non-hydrogen) atoms. The number of phenolic OH excluding ortho intramolecular Hbond substituents is 1. The van der Waals surface area contributed by atoms with Crippen molar-refractivity contribution in [3.8, 4) is 5.75 Å². The number of aromatic hydroxyl groups is 1. The van der Waals surface area contributed by atoms with E-state index in [0.29, 0.717) is 11.8 Å². The quantitative estimate of drug-likeness (QED) is 0.651. The number of carbonyl (C=O) groups is 1. The molecule has 0 aromatic heterocycles. The summed E-state index contributed by atoms with van der Waals surface area (Å²) in [5, 5.41) is 9.06. The first-order valence-corrected chi connectivity index (χ1v) is 3.99. The fraction of sp³-hybridized carbons (Fsp3) is 0.300. The highest BCUT2D eigenvalue weighted by Gasteiger charge is 2.00. The maximum absolute atomic E-state index is 10.3. The standard InChI is InChI=1S/C8H8O2.C2H6/c1-6-3-2-4-8(10)7(6)5-9;1-2/h2-5,10H,1H3;1-2H3. The van der Waals surface area contributed by atoms with Crippen LogP contribution in [-0.2, 0) is 0 Å². The van der Waals surface area contributed by atoms with Crippen molar-refractivity contribution >= 4 is 6.29 Å². The summed E-state index contributed by atoms with van der Waals surface area (Å²) >= 11 is 0. The Morgan fingerprint density at radius 2 is 1.92 bits per heavy atom. The van der Waals surface area contributed by atoms with Crippen molar-refractivity contribution in [2.75, 3.05) is 0 Å². The Morgan fingerprint density at radius 1 is 1.33 bits per heavy atom. The van der Waals surface area contributed by atoms with Crippen molar-refractivity contribution in [1.82, 2.24) is 0 Å². The third-order valence-electron chi connectivity index (χ3n) is 1.42. The predicted molar refractivity (Wildman–Crippen MR) is 49.6 cm³/mol. The normalized spacial score (nSPS) is 8.25. The molecule has 66 valence electrons. The first kappa shape index (κ1) is 10.7. The van der Waals surface area contributed by atoms with Crippen molar-refractivity contribution in [2.24, 2.45) is 0 Å². The average molecular weight is 166 g/mol. The number of aldehydes is 1. The lowest BCUT2D eigenvalue weighted by molar-refractivity contribution is 0.112. The predicted octanol–water partition coefficient (Wildman–Crippen LogP) is 2.54. The molecule has 0 amide bonds. The van der Waals surface area contributed by atoms with Crippen molar-refractivity contribution in [1.29, 1.82) is 0 Å².